The molecule has 3 aromatic rings. The lowest BCUT2D eigenvalue weighted by Gasteiger charge is -2.37. The van der Waals surface area contributed by atoms with Crippen LogP contribution in [0.1, 0.15) is 12.1 Å². The standard InChI is InChI=1S/C19H20F3N9/c20-19(21,22)15-10-31-14(6-28-17(31)7-27-15)18-26-2-1-16(29-18)30-8-11(3-13(25)9-30)12(4-23)5-24/h1-2,4-7,10-11,13,23H,3,8-9,24-25H2. The Balaban J connectivity index is 1.70. The Bertz CT molecular complexity index is 1140. The maximum Gasteiger partial charge on any atom is 0.434 e. The van der Waals surface area contributed by atoms with Crippen LogP contribution in [0.15, 0.2) is 42.6 Å². The molecule has 0 amide bonds. The number of nitrogens with two attached hydrogens (primary N) is 2. The summed E-state index contributed by atoms with van der Waals surface area (Å²) in [4.78, 5) is 18.3. The van der Waals surface area contributed by atoms with Gasteiger partial charge in [-0.1, -0.05) is 0 Å². The van der Waals surface area contributed by atoms with Gasteiger partial charge in [-0.25, -0.2) is 19.9 Å². The van der Waals surface area contributed by atoms with Crippen molar-refractivity contribution in [2.45, 2.75) is 18.6 Å². The molecule has 0 spiro atoms. The van der Waals surface area contributed by atoms with Crippen molar-refractivity contribution in [2.24, 2.45) is 17.4 Å². The van der Waals surface area contributed by atoms with Gasteiger partial charge in [-0.05, 0) is 24.3 Å². The smallest absolute Gasteiger partial charge is 0.404 e. The Morgan fingerprint density at radius 3 is 2.71 bits per heavy atom. The normalized spacial score (nSPS) is 20.3. The van der Waals surface area contributed by atoms with Crippen LogP contribution in [-0.2, 0) is 6.18 Å². The number of rotatable bonds is 4. The molecule has 31 heavy (non-hydrogen) atoms. The van der Waals surface area contributed by atoms with Gasteiger partial charge in [0.05, 0.1) is 12.4 Å². The van der Waals surface area contributed by atoms with Crippen LogP contribution >= 0.6 is 0 Å². The summed E-state index contributed by atoms with van der Waals surface area (Å²) >= 11 is 0. The van der Waals surface area contributed by atoms with Gasteiger partial charge in [0, 0.05) is 43.7 Å². The molecule has 3 aromatic heterocycles. The van der Waals surface area contributed by atoms with Gasteiger partial charge in [-0.15, -0.1) is 0 Å². The number of alkyl halides is 3. The highest BCUT2D eigenvalue weighted by Crippen LogP contribution is 2.29. The molecule has 0 aromatic carbocycles. The van der Waals surface area contributed by atoms with E-state index in [-0.39, 0.29) is 23.4 Å². The minimum atomic E-state index is -4.58. The molecule has 1 aliphatic rings. The first kappa shape index (κ1) is 20.7. The van der Waals surface area contributed by atoms with Crippen molar-refractivity contribution in [1.29, 1.82) is 5.41 Å². The first-order chi connectivity index (χ1) is 14.8. The van der Waals surface area contributed by atoms with E-state index in [1.54, 1.807) is 6.07 Å². The van der Waals surface area contributed by atoms with Crippen molar-refractivity contribution in [3.05, 3.63) is 48.3 Å². The van der Waals surface area contributed by atoms with E-state index in [0.29, 0.717) is 36.6 Å². The third kappa shape index (κ3) is 4.06. The molecule has 4 rings (SSSR count). The fraction of sp³-hybridized carbons (Fsp3) is 0.316. The largest absolute Gasteiger partial charge is 0.434 e. The summed E-state index contributed by atoms with van der Waals surface area (Å²) in [5.41, 5.74) is 12.1. The second kappa shape index (κ2) is 7.95. The first-order valence-corrected chi connectivity index (χ1v) is 9.46. The van der Waals surface area contributed by atoms with E-state index in [1.165, 1.54) is 29.2 Å². The molecule has 2 unspecified atom stereocenters. The Labute approximate surface area is 175 Å². The molecule has 9 nitrogen and oxygen atoms in total. The van der Waals surface area contributed by atoms with Crippen LogP contribution in [0.3, 0.4) is 0 Å². The lowest BCUT2D eigenvalue weighted by Crippen LogP contribution is -2.48. The van der Waals surface area contributed by atoms with Crippen LogP contribution in [0.25, 0.3) is 17.2 Å². The summed E-state index contributed by atoms with van der Waals surface area (Å²) < 4.78 is 40.5. The van der Waals surface area contributed by atoms with Crippen LogP contribution in [-0.4, -0.2) is 49.7 Å². The van der Waals surface area contributed by atoms with E-state index < -0.39 is 11.9 Å². The van der Waals surface area contributed by atoms with Gasteiger partial charge in [0.1, 0.15) is 11.5 Å². The molecule has 1 fully saturated rings. The number of hydrogen-bond donors (Lipinski definition) is 3. The maximum atomic E-state index is 13.1. The van der Waals surface area contributed by atoms with Gasteiger partial charge in [-0.2, -0.15) is 13.2 Å². The molecular weight excluding hydrogens is 411 g/mol. The quantitative estimate of drug-likeness (QED) is 0.537. The Morgan fingerprint density at radius 2 is 2.00 bits per heavy atom. The summed E-state index contributed by atoms with van der Waals surface area (Å²) in [6.07, 6.45) is 3.61. The van der Waals surface area contributed by atoms with E-state index in [9.17, 15) is 13.2 Å². The number of nitrogens with one attached hydrogen (secondary N) is 1. The summed E-state index contributed by atoms with van der Waals surface area (Å²) in [6, 6.07) is 1.56. The number of piperidine rings is 1. The summed E-state index contributed by atoms with van der Waals surface area (Å²) in [6.45, 7) is 1.09. The van der Waals surface area contributed by atoms with Gasteiger partial charge in [0.2, 0.25) is 0 Å². The summed E-state index contributed by atoms with van der Waals surface area (Å²) in [7, 11) is 0. The van der Waals surface area contributed by atoms with Crippen molar-refractivity contribution >= 4 is 17.7 Å². The molecule has 12 heteroatoms. The van der Waals surface area contributed by atoms with Gasteiger partial charge in [0.15, 0.2) is 17.2 Å². The topological polar surface area (TPSA) is 135 Å². The molecule has 0 bridgehead atoms. The SMILES string of the molecule is N=CC(=CN)C1CC(N)CN(c2ccnc(-c3cnc4cnc(C(F)(F)F)cn34)n2)C1. The fourth-order valence-electron chi connectivity index (χ4n) is 3.72. The molecule has 0 radical (unpaired) electrons. The first-order valence-electron chi connectivity index (χ1n) is 9.46. The molecular formula is C19H20F3N9. The van der Waals surface area contributed by atoms with E-state index >= 15 is 0 Å². The van der Waals surface area contributed by atoms with Gasteiger partial charge in [-0.3, -0.25) is 4.40 Å². The van der Waals surface area contributed by atoms with E-state index in [0.717, 1.165) is 12.4 Å². The van der Waals surface area contributed by atoms with Gasteiger partial charge >= 0.3 is 6.18 Å². The summed E-state index contributed by atoms with van der Waals surface area (Å²) in [5.74, 6) is 0.772. The predicted molar refractivity (Wildman–Crippen MR) is 108 cm³/mol. The highest BCUT2D eigenvalue weighted by molar-refractivity contribution is 5.76. The van der Waals surface area contributed by atoms with Crippen molar-refractivity contribution in [3.8, 4) is 11.5 Å². The zero-order chi connectivity index (χ0) is 22.2. The van der Waals surface area contributed by atoms with Crippen LogP contribution in [0.5, 0.6) is 0 Å². The van der Waals surface area contributed by atoms with E-state index in [4.69, 9.17) is 16.9 Å². The Hall–Kier alpha value is -3.54. The number of imidazole rings is 1. The summed E-state index contributed by atoms with van der Waals surface area (Å²) in [5, 5.41) is 7.55. The molecule has 2 atom stereocenters. The molecule has 4 heterocycles. The zero-order valence-corrected chi connectivity index (χ0v) is 16.3. The zero-order valence-electron chi connectivity index (χ0n) is 16.3. The number of nitrogens with zero attached hydrogens (tertiary/aromatic N) is 6. The average Bonchev–Trinajstić information content (AvgIpc) is 3.17. The van der Waals surface area contributed by atoms with E-state index in [1.807, 2.05) is 4.90 Å². The molecule has 0 aliphatic carbocycles. The third-order valence-electron chi connectivity index (χ3n) is 5.19. The number of aromatic nitrogens is 5. The average molecular weight is 431 g/mol. The molecule has 162 valence electrons. The van der Waals surface area contributed by atoms with Crippen molar-refractivity contribution in [2.75, 3.05) is 18.0 Å². The van der Waals surface area contributed by atoms with Crippen LogP contribution < -0.4 is 16.4 Å². The van der Waals surface area contributed by atoms with Crippen LogP contribution in [0.2, 0.25) is 0 Å². The lowest BCUT2D eigenvalue weighted by molar-refractivity contribution is -0.141. The van der Waals surface area contributed by atoms with Crippen molar-refractivity contribution in [3.63, 3.8) is 0 Å². The fourth-order valence-corrected chi connectivity index (χ4v) is 3.72. The number of halogens is 3. The van der Waals surface area contributed by atoms with Crippen molar-refractivity contribution in [1.82, 2.24) is 24.3 Å². The number of hydrogen-bond acceptors (Lipinski definition) is 8. The number of fused-ring (bicyclic) bond motifs is 1. The van der Waals surface area contributed by atoms with Gasteiger partial charge < -0.3 is 21.8 Å². The third-order valence-corrected chi connectivity index (χ3v) is 5.19. The lowest BCUT2D eigenvalue weighted by atomic mass is 9.89. The maximum absolute atomic E-state index is 13.1. The monoisotopic (exact) mass is 431 g/mol. The minimum Gasteiger partial charge on any atom is -0.404 e. The predicted octanol–water partition coefficient (Wildman–Crippen LogP) is 1.85. The Kier molecular flexibility index (Phi) is 5.31. The van der Waals surface area contributed by atoms with Gasteiger partial charge in [0.25, 0.3) is 0 Å². The molecule has 5 N–H and O–H groups in total. The Morgan fingerprint density at radius 1 is 1.19 bits per heavy atom. The van der Waals surface area contributed by atoms with E-state index in [2.05, 4.69) is 19.9 Å². The highest BCUT2D eigenvalue weighted by Gasteiger charge is 2.33. The molecule has 0 saturated carbocycles. The van der Waals surface area contributed by atoms with Crippen molar-refractivity contribution < 1.29 is 13.2 Å². The second-order valence-electron chi connectivity index (χ2n) is 7.29. The number of anilines is 1. The van der Waals surface area contributed by atoms with Crippen LogP contribution in [0.4, 0.5) is 19.0 Å². The minimum absolute atomic E-state index is 0.0270. The molecule has 1 aliphatic heterocycles. The highest BCUT2D eigenvalue weighted by atomic mass is 19.4. The second-order valence-corrected chi connectivity index (χ2v) is 7.29. The van der Waals surface area contributed by atoms with Crippen LogP contribution in [0, 0.1) is 11.3 Å². The molecule has 1 saturated heterocycles.